The van der Waals surface area contributed by atoms with Crippen molar-refractivity contribution in [1.29, 1.82) is 0 Å². The van der Waals surface area contributed by atoms with Crippen molar-refractivity contribution < 1.29 is 32.5 Å². The zero-order chi connectivity index (χ0) is 13.3. The molecule has 0 aromatic carbocycles. The number of amides is 1. The lowest BCUT2D eigenvalue weighted by molar-refractivity contribution is -0.174. The molecule has 17 heavy (non-hydrogen) atoms. The Bertz CT molecular complexity index is 223. The fourth-order valence-corrected chi connectivity index (χ4v) is 0.924. The van der Waals surface area contributed by atoms with E-state index in [1.54, 1.807) is 0 Å². The molecule has 0 rings (SSSR count). The monoisotopic (exact) mass is 259 g/mol. The van der Waals surface area contributed by atoms with Crippen LogP contribution in [0.15, 0.2) is 0 Å². The van der Waals surface area contributed by atoms with E-state index in [-0.39, 0.29) is 26.2 Å². The Morgan fingerprint density at radius 1 is 1.47 bits per heavy atom. The van der Waals surface area contributed by atoms with Crippen molar-refractivity contribution in [3.05, 3.63) is 0 Å². The summed E-state index contributed by atoms with van der Waals surface area (Å²) in [5.41, 5.74) is 0. The summed E-state index contributed by atoms with van der Waals surface area (Å²) in [6.45, 7) is -1.62. The van der Waals surface area contributed by atoms with Crippen LogP contribution in [0.1, 0.15) is 6.42 Å². The van der Waals surface area contributed by atoms with Crippen LogP contribution in [0.25, 0.3) is 0 Å². The molecule has 0 aliphatic rings. The number of halogens is 3. The summed E-state index contributed by atoms with van der Waals surface area (Å²) in [5, 5.41) is 11.5. The van der Waals surface area contributed by atoms with Gasteiger partial charge in [0.1, 0.15) is 6.61 Å². The van der Waals surface area contributed by atoms with Gasteiger partial charge in [0.2, 0.25) is 5.91 Å². The molecular formula is C9H16F3NO4. The Morgan fingerprint density at radius 3 is 2.65 bits per heavy atom. The average Bonchev–Trinajstić information content (AvgIpc) is 2.21. The maximum absolute atomic E-state index is 11.6. The Kier molecular flexibility index (Phi) is 7.85. The topological polar surface area (TPSA) is 67.8 Å². The van der Waals surface area contributed by atoms with Crippen LogP contribution < -0.4 is 5.32 Å². The molecular weight excluding hydrogens is 243 g/mol. The van der Waals surface area contributed by atoms with Crippen LogP contribution in [-0.2, 0) is 14.3 Å². The quantitative estimate of drug-likeness (QED) is 0.606. The molecule has 5 nitrogen and oxygen atoms in total. The highest BCUT2D eigenvalue weighted by molar-refractivity contribution is 5.75. The lowest BCUT2D eigenvalue weighted by atomic mass is 10.3. The second-order valence-corrected chi connectivity index (χ2v) is 3.33. The number of aliphatic hydroxyl groups excluding tert-OH is 1. The predicted octanol–water partition coefficient (Wildman–Crippen LogP) is 0.0789. The van der Waals surface area contributed by atoms with E-state index in [1.165, 1.54) is 7.11 Å². The normalized spacial score (nSPS) is 13.5. The maximum atomic E-state index is 11.6. The lowest BCUT2D eigenvalue weighted by Gasteiger charge is -2.11. The average molecular weight is 259 g/mol. The Labute approximate surface area is 96.9 Å². The van der Waals surface area contributed by atoms with Gasteiger partial charge in [-0.1, -0.05) is 0 Å². The number of nitrogens with one attached hydrogen (secondary N) is 1. The predicted molar refractivity (Wildman–Crippen MR) is 52.4 cm³/mol. The second-order valence-electron chi connectivity index (χ2n) is 3.33. The molecule has 0 saturated carbocycles. The van der Waals surface area contributed by atoms with Crippen molar-refractivity contribution in [2.75, 3.05) is 33.5 Å². The van der Waals surface area contributed by atoms with Gasteiger partial charge in [-0.2, -0.15) is 13.2 Å². The number of carbonyl (C=O) groups is 1. The van der Waals surface area contributed by atoms with Gasteiger partial charge < -0.3 is 19.9 Å². The van der Waals surface area contributed by atoms with E-state index >= 15 is 0 Å². The van der Waals surface area contributed by atoms with Gasteiger partial charge in [0.05, 0.1) is 19.3 Å². The standard InChI is InChI=1S/C9H16F3NO4/c1-16-5-7(14)4-13-8(15)2-3-17-6-9(10,11)12/h7,14H,2-6H2,1H3,(H,13,15). The zero-order valence-corrected chi connectivity index (χ0v) is 9.42. The van der Waals surface area contributed by atoms with E-state index in [9.17, 15) is 18.0 Å². The maximum Gasteiger partial charge on any atom is 0.411 e. The molecule has 8 heteroatoms. The molecule has 0 heterocycles. The number of carbonyl (C=O) groups excluding carboxylic acids is 1. The van der Waals surface area contributed by atoms with E-state index in [0.29, 0.717) is 0 Å². The van der Waals surface area contributed by atoms with Gasteiger partial charge in [0.25, 0.3) is 0 Å². The van der Waals surface area contributed by atoms with Crippen molar-refractivity contribution in [3.8, 4) is 0 Å². The smallest absolute Gasteiger partial charge is 0.389 e. The van der Waals surface area contributed by atoms with E-state index in [0.717, 1.165) is 0 Å². The summed E-state index contributed by atoms with van der Waals surface area (Å²) in [6, 6.07) is 0. The zero-order valence-electron chi connectivity index (χ0n) is 9.42. The van der Waals surface area contributed by atoms with Crippen LogP contribution in [-0.4, -0.2) is 56.8 Å². The van der Waals surface area contributed by atoms with Crippen molar-refractivity contribution in [1.82, 2.24) is 5.32 Å². The molecule has 0 spiro atoms. The largest absolute Gasteiger partial charge is 0.411 e. The van der Waals surface area contributed by atoms with Gasteiger partial charge in [-0.15, -0.1) is 0 Å². The summed E-state index contributed by atoms with van der Waals surface area (Å²) >= 11 is 0. The molecule has 0 aliphatic carbocycles. The Hall–Kier alpha value is -0.860. The third-order valence-electron chi connectivity index (χ3n) is 1.63. The first-order valence-corrected chi connectivity index (χ1v) is 4.93. The number of ether oxygens (including phenoxy) is 2. The molecule has 1 atom stereocenters. The van der Waals surface area contributed by atoms with E-state index < -0.39 is 24.8 Å². The van der Waals surface area contributed by atoms with Crippen molar-refractivity contribution in [2.24, 2.45) is 0 Å². The van der Waals surface area contributed by atoms with Crippen LogP contribution in [0.3, 0.4) is 0 Å². The summed E-state index contributed by atoms with van der Waals surface area (Å²) in [6.07, 6.45) is -5.40. The molecule has 0 aliphatic heterocycles. The van der Waals surface area contributed by atoms with Crippen molar-refractivity contribution >= 4 is 5.91 Å². The molecule has 2 N–H and O–H groups in total. The summed E-state index contributed by atoms with van der Waals surface area (Å²) in [4.78, 5) is 11.1. The molecule has 0 aromatic rings. The molecule has 102 valence electrons. The van der Waals surface area contributed by atoms with Crippen molar-refractivity contribution in [3.63, 3.8) is 0 Å². The Morgan fingerprint density at radius 2 is 2.12 bits per heavy atom. The summed E-state index contributed by atoms with van der Waals surface area (Å²) in [7, 11) is 1.40. The summed E-state index contributed by atoms with van der Waals surface area (Å²) < 4.78 is 43.8. The number of hydrogen-bond donors (Lipinski definition) is 2. The third kappa shape index (κ3) is 11.4. The fourth-order valence-electron chi connectivity index (χ4n) is 0.924. The van der Waals surface area contributed by atoms with E-state index in [2.05, 4.69) is 14.8 Å². The van der Waals surface area contributed by atoms with Crippen LogP contribution in [0.2, 0.25) is 0 Å². The number of rotatable bonds is 8. The highest BCUT2D eigenvalue weighted by Gasteiger charge is 2.27. The number of alkyl halides is 3. The molecule has 0 aromatic heterocycles. The minimum Gasteiger partial charge on any atom is -0.389 e. The number of methoxy groups -OCH3 is 1. The molecule has 1 unspecified atom stereocenters. The minimum absolute atomic E-state index is 0.00799. The van der Waals surface area contributed by atoms with Crippen LogP contribution in [0, 0.1) is 0 Å². The molecule has 0 fully saturated rings. The minimum atomic E-state index is -4.38. The van der Waals surface area contributed by atoms with Crippen LogP contribution in [0.4, 0.5) is 13.2 Å². The SMILES string of the molecule is COCC(O)CNC(=O)CCOCC(F)(F)F. The lowest BCUT2D eigenvalue weighted by Crippen LogP contribution is -2.34. The van der Waals surface area contributed by atoms with Gasteiger partial charge in [0, 0.05) is 20.1 Å². The first-order chi connectivity index (χ1) is 7.85. The first-order valence-electron chi connectivity index (χ1n) is 4.93. The number of aliphatic hydroxyl groups is 1. The highest BCUT2D eigenvalue weighted by atomic mass is 19.4. The first kappa shape index (κ1) is 16.1. The highest BCUT2D eigenvalue weighted by Crippen LogP contribution is 2.14. The van der Waals surface area contributed by atoms with Gasteiger partial charge in [-0.05, 0) is 0 Å². The van der Waals surface area contributed by atoms with Gasteiger partial charge >= 0.3 is 6.18 Å². The molecule has 0 bridgehead atoms. The molecule has 1 amide bonds. The van der Waals surface area contributed by atoms with E-state index in [1.807, 2.05) is 0 Å². The van der Waals surface area contributed by atoms with Gasteiger partial charge in [0.15, 0.2) is 0 Å². The third-order valence-corrected chi connectivity index (χ3v) is 1.63. The van der Waals surface area contributed by atoms with Crippen LogP contribution >= 0.6 is 0 Å². The molecule has 0 saturated heterocycles. The van der Waals surface area contributed by atoms with E-state index in [4.69, 9.17) is 5.11 Å². The van der Waals surface area contributed by atoms with Crippen molar-refractivity contribution in [2.45, 2.75) is 18.7 Å². The van der Waals surface area contributed by atoms with Gasteiger partial charge in [-0.3, -0.25) is 4.79 Å². The van der Waals surface area contributed by atoms with Gasteiger partial charge in [-0.25, -0.2) is 0 Å². The fraction of sp³-hybridized carbons (Fsp3) is 0.889. The van der Waals surface area contributed by atoms with Crippen LogP contribution in [0.5, 0.6) is 0 Å². The Balaban J connectivity index is 3.47. The second kappa shape index (κ2) is 8.26. The summed E-state index contributed by atoms with van der Waals surface area (Å²) in [5.74, 6) is -0.484. The molecule has 0 radical (unpaired) electrons. The number of hydrogen-bond acceptors (Lipinski definition) is 4.